The number of hydrogen-bond acceptors (Lipinski definition) is 5. The molecule has 6 heteroatoms. The summed E-state index contributed by atoms with van der Waals surface area (Å²) in [5.41, 5.74) is 0.458. The molecule has 1 atom stereocenters. The Hall–Kier alpha value is -1.66. The SMILES string of the molecule is C[C@@H](CNC(=O)c1csc(-c2ccco2)n1)N1CCCC1. The van der Waals surface area contributed by atoms with E-state index >= 15 is 0 Å². The van der Waals surface area contributed by atoms with Crippen molar-refractivity contribution in [3.05, 3.63) is 29.5 Å². The van der Waals surface area contributed by atoms with E-state index in [1.54, 1.807) is 11.6 Å². The molecule has 1 N–H and O–H groups in total. The second-order valence-electron chi connectivity index (χ2n) is 5.32. The maximum atomic E-state index is 12.1. The molecule has 2 aromatic heterocycles. The van der Waals surface area contributed by atoms with Crippen LogP contribution in [0.2, 0.25) is 0 Å². The Kier molecular flexibility index (Phi) is 4.36. The third-order valence-electron chi connectivity index (χ3n) is 3.79. The van der Waals surface area contributed by atoms with Crippen LogP contribution in [-0.4, -0.2) is 41.5 Å². The highest BCUT2D eigenvalue weighted by molar-refractivity contribution is 7.13. The van der Waals surface area contributed by atoms with Gasteiger partial charge in [0.1, 0.15) is 5.69 Å². The Bertz CT molecular complexity index is 588. The Balaban J connectivity index is 1.55. The first-order chi connectivity index (χ1) is 10.2. The fourth-order valence-electron chi connectivity index (χ4n) is 2.53. The van der Waals surface area contributed by atoms with Gasteiger partial charge in [0.2, 0.25) is 0 Å². The van der Waals surface area contributed by atoms with Crippen molar-refractivity contribution in [2.75, 3.05) is 19.6 Å². The quantitative estimate of drug-likeness (QED) is 0.922. The molecule has 1 aliphatic rings. The highest BCUT2D eigenvalue weighted by Crippen LogP contribution is 2.23. The van der Waals surface area contributed by atoms with E-state index in [0.717, 1.165) is 18.1 Å². The van der Waals surface area contributed by atoms with E-state index in [1.165, 1.54) is 24.2 Å². The predicted molar refractivity (Wildman–Crippen MR) is 82.4 cm³/mol. The number of carbonyl (C=O) groups is 1. The number of rotatable bonds is 5. The molecule has 0 spiro atoms. The van der Waals surface area contributed by atoms with E-state index in [4.69, 9.17) is 4.42 Å². The summed E-state index contributed by atoms with van der Waals surface area (Å²) in [4.78, 5) is 18.9. The second-order valence-corrected chi connectivity index (χ2v) is 6.18. The zero-order valence-corrected chi connectivity index (χ0v) is 12.9. The number of furan rings is 1. The van der Waals surface area contributed by atoms with Gasteiger partial charge in [-0.15, -0.1) is 11.3 Å². The van der Waals surface area contributed by atoms with Gasteiger partial charge in [0.15, 0.2) is 10.8 Å². The molecule has 3 heterocycles. The van der Waals surface area contributed by atoms with E-state index in [2.05, 4.69) is 22.1 Å². The maximum absolute atomic E-state index is 12.1. The van der Waals surface area contributed by atoms with Gasteiger partial charge >= 0.3 is 0 Å². The zero-order chi connectivity index (χ0) is 14.7. The third-order valence-corrected chi connectivity index (χ3v) is 4.65. The topological polar surface area (TPSA) is 58.4 Å². The minimum Gasteiger partial charge on any atom is -0.462 e. The Labute approximate surface area is 128 Å². The molecular weight excluding hydrogens is 286 g/mol. The van der Waals surface area contributed by atoms with Crippen LogP contribution in [0.3, 0.4) is 0 Å². The van der Waals surface area contributed by atoms with Gasteiger partial charge in [0, 0.05) is 18.0 Å². The van der Waals surface area contributed by atoms with Crippen molar-refractivity contribution in [2.24, 2.45) is 0 Å². The van der Waals surface area contributed by atoms with Crippen LogP contribution in [0, 0.1) is 0 Å². The molecule has 3 rings (SSSR count). The van der Waals surface area contributed by atoms with Crippen LogP contribution in [0.15, 0.2) is 28.2 Å². The molecule has 2 aromatic rings. The lowest BCUT2D eigenvalue weighted by Crippen LogP contribution is -2.40. The van der Waals surface area contributed by atoms with Crippen LogP contribution in [0.1, 0.15) is 30.3 Å². The molecule has 0 bridgehead atoms. The number of likely N-dealkylation sites (tertiary alicyclic amines) is 1. The van der Waals surface area contributed by atoms with Crippen molar-refractivity contribution in [3.63, 3.8) is 0 Å². The molecular formula is C15H19N3O2S. The standard InChI is InChI=1S/C15H19N3O2S/c1-11(18-6-2-3-7-18)9-16-14(19)12-10-21-15(17-12)13-5-4-8-20-13/h4-5,8,10-11H,2-3,6-7,9H2,1H3,(H,16,19)/t11-/m0/s1. The van der Waals surface area contributed by atoms with E-state index < -0.39 is 0 Å². The van der Waals surface area contributed by atoms with Crippen LogP contribution in [0.4, 0.5) is 0 Å². The lowest BCUT2D eigenvalue weighted by molar-refractivity contribution is 0.0936. The Morgan fingerprint density at radius 3 is 3.05 bits per heavy atom. The van der Waals surface area contributed by atoms with Gasteiger partial charge in [0.05, 0.1) is 6.26 Å². The molecule has 21 heavy (non-hydrogen) atoms. The third kappa shape index (κ3) is 3.33. The van der Waals surface area contributed by atoms with Gasteiger partial charge in [-0.25, -0.2) is 4.98 Å². The fraction of sp³-hybridized carbons (Fsp3) is 0.467. The van der Waals surface area contributed by atoms with E-state index in [0.29, 0.717) is 24.0 Å². The lowest BCUT2D eigenvalue weighted by Gasteiger charge is -2.23. The lowest BCUT2D eigenvalue weighted by atomic mass is 10.3. The minimum atomic E-state index is -0.116. The van der Waals surface area contributed by atoms with Crippen LogP contribution in [0.25, 0.3) is 10.8 Å². The first kappa shape index (κ1) is 14.3. The zero-order valence-electron chi connectivity index (χ0n) is 12.0. The van der Waals surface area contributed by atoms with E-state index in [1.807, 2.05) is 12.1 Å². The van der Waals surface area contributed by atoms with Crippen molar-refractivity contribution in [1.82, 2.24) is 15.2 Å². The van der Waals surface area contributed by atoms with E-state index in [9.17, 15) is 4.79 Å². The molecule has 1 fully saturated rings. The van der Waals surface area contributed by atoms with E-state index in [-0.39, 0.29) is 5.91 Å². The van der Waals surface area contributed by atoms with Crippen LogP contribution in [-0.2, 0) is 0 Å². The monoisotopic (exact) mass is 305 g/mol. The van der Waals surface area contributed by atoms with Crippen molar-refractivity contribution < 1.29 is 9.21 Å². The largest absolute Gasteiger partial charge is 0.462 e. The highest BCUT2D eigenvalue weighted by Gasteiger charge is 2.19. The van der Waals surface area contributed by atoms with Gasteiger partial charge < -0.3 is 9.73 Å². The van der Waals surface area contributed by atoms with Gasteiger partial charge in [-0.1, -0.05) is 0 Å². The predicted octanol–water partition coefficient (Wildman–Crippen LogP) is 2.62. The minimum absolute atomic E-state index is 0.116. The maximum Gasteiger partial charge on any atom is 0.270 e. The highest BCUT2D eigenvalue weighted by atomic mass is 32.1. The average molecular weight is 305 g/mol. The fourth-order valence-corrected chi connectivity index (χ4v) is 3.30. The summed E-state index contributed by atoms with van der Waals surface area (Å²) in [5, 5.41) is 5.47. The van der Waals surface area contributed by atoms with Gasteiger partial charge in [-0.2, -0.15) is 0 Å². The van der Waals surface area contributed by atoms with Crippen LogP contribution in [0.5, 0.6) is 0 Å². The smallest absolute Gasteiger partial charge is 0.270 e. The average Bonchev–Trinajstić information content (AvgIpc) is 3.25. The molecule has 0 aromatic carbocycles. The van der Waals surface area contributed by atoms with Crippen LogP contribution < -0.4 is 5.32 Å². The summed E-state index contributed by atoms with van der Waals surface area (Å²) in [6.45, 7) is 5.08. The summed E-state index contributed by atoms with van der Waals surface area (Å²) >= 11 is 1.42. The normalized spacial score (nSPS) is 17.0. The summed E-state index contributed by atoms with van der Waals surface area (Å²) in [6, 6.07) is 4.03. The molecule has 1 amide bonds. The van der Waals surface area contributed by atoms with Crippen molar-refractivity contribution in [3.8, 4) is 10.8 Å². The first-order valence-electron chi connectivity index (χ1n) is 7.25. The number of hydrogen-bond donors (Lipinski definition) is 1. The van der Waals surface area contributed by atoms with Crippen molar-refractivity contribution in [1.29, 1.82) is 0 Å². The Morgan fingerprint density at radius 1 is 1.52 bits per heavy atom. The molecule has 1 aliphatic heterocycles. The number of amides is 1. The summed E-state index contributed by atoms with van der Waals surface area (Å²) in [6.07, 6.45) is 4.13. The Morgan fingerprint density at radius 2 is 2.33 bits per heavy atom. The number of nitrogens with zero attached hydrogens (tertiary/aromatic N) is 2. The van der Waals surface area contributed by atoms with Crippen LogP contribution >= 0.6 is 11.3 Å². The molecule has 112 valence electrons. The summed E-state index contributed by atoms with van der Waals surface area (Å²) < 4.78 is 5.29. The molecule has 0 saturated carbocycles. The summed E-state index contributed by atoms with van der Waals surface area (Å²) in [5.74, 6) is 0.583. The second kappa shape index (κ2) is 6.41. The molecule has 1 saturated heterocycles. The first-order valence-corrected chi connectivity index (χ1v) is 8.13. The number of carbonyl (C=O) groups excluding carboxylic acids is 1. The number of nitrogens with one attached hydrogen (secondary N) is 1. The van der Waals surface area contributed by atoms with Crippen molar-refractivity contribution >= 4 is 17.2 Å². The van der Waals surface area contributed by atoms with Gasteiger partial charge in [-0.3, -0.25) is 9.69 Å². The van der Waals surface area contributed by atoms with Gasteiger partial charge in [-0.05, 0) is 45.0 Å². The molecule has 0 aliphatic carbocycles. The molecule has 0 radical (unpaired) electrons. The molecule has 0 unspecified atom stereocenters. The summed E-state index contributed by atoms with van der Waals surface area (Å²) in [7, 11) is 0. The number of aromatic nitrogens is 1. The van der Waals surface area contributed by atoms with Gasteiger partial charge in [0.25, 0.3) is 5.91 Å². The number of thiazole rings is 1. The van der Waals surface area contributed by atoms with Crippen molar-refractivity contribution in [2.45, 2.75) is 25.8 Å². The molecule has 5 nitrogen and oxygen atoms in total.